The fraction of sp³-hybridized carbons (Fsp3) is 0.238. The third-order valence-electron chi connectivity index (χ3n) is 4.71. The van der Waals surface area contributed by atoms with Crippen LogP contribution in [0, 0.1) is 5.92 Å². The van der Waals surface area contributed by atoms with Gasteiger partial charge in [0.2, 0.25) is 0 Å². The first-order valence-corrected chi connectivity index (χ1v) is 9.44. The molecule has 1 aliphatic carbocycles. The predicted octanol–water partition coefficient (Wildman–Crippen LogP) is 4.79. The molecule has 4 rings (SSSR count). The molecular formula is C21H20N2OS. The van der Waals surface area contributed by atoms with Crippen LogP contribution in [0.4, 0.5) is 0 Å². The van der Waals surface area contributed by atoms with Crippen molar-refractivity contribution in [2.45, 2.75) is 26.2 Å². The quantitative estimate of drug-likeness (QED) is 0.536. The van der Waals surface area contributed by atoms with E-state index in [1.54, 1.807) is 17.6 Å². The Morgan fingerprint density at radius 1 is 1.20 bits per heavy atom. The number of fused-ring (bicyclic) bond motifs is 2. The highest BCUT2D eigenvalue weighted by molar-refractivity contribution is 7.14. The number of hydrogen-bond donors (Lipinski definition) is 1. The van der Waals surface area contributed by atoms with Gasteiger partial charge in [0.25, 0.3) is 5.91 Å². The maximum Gasteiger partial charge on any atom is 0.281 e. The molecule has 0 saturated heterocycles. The molecule has 1 atom stereocenters. The Balaban J connectivity index is 1.45. The van der Waals surface area contributed by atoms with E-state index in [4.69, 9.17) is 0 Å². The van der Waals surface area contributed by atoms with Gasteiger partial charge < -0.3 is 0 Å². The summed E-state index contributed by atoms with van der Waals surface area (Å²) in [6, 6.07) is 16.4. The fourth-order valence-corrected chi connectivity index (χ4v) is 4.42. The molecule has 0 saturated carbocycles. The molecule has 0 aliphatic heterocycles. The number of carbonyl (C=O) groups excluding carboxylic acids is 1. The van der Waals surface area contributed by atoms with Crippen LogP contribution < -0.4 is 5.43 Å². The zero-order valence-electron chi connectivity index (χ0n) is 14.2. The van der Waals surface area contributed by atoms with Crippen molar-refractivity contribution in [3.05, 3.63) is 69.4 Å². The molecule has 0 fully saturated rings. The van der Waals surface area contributed by atoms with E-state index in [1.165, 1.54) is 22.2 Å². The number of thiophene rings is 1. The molecular weight excluding hydrogens is 328 g/mol. The number of nitrogens with zero attached hydrogens (tertiary/aromatic N) is 1. The molecule has 126 valence electrons. The van der Waals surface area contributed by atoms with Crippen molar-refractivity contribution in [3.8, 4) is 0 Å². The lowest BCUT2D eigenvalue weighted by atomic mass is 9.90. The Morgan fingerprint density at radius 3 is 2.92 bits per heavy atom. The Hall–Kier alpha value is -2.46. The van der Waals surface area contributed by atoms with Crippen molar-refractivity contribution < 1.29 is 4.79 Å². The van der Waals surface area contributed by atoms with E-state index in [-0.39, 0.29) is 5.91 Å². The topological polar surface area (TPSA) is 41.5 Å². The normalized spacial score (nSPS) is 16.9. The second-order valence-electron chi connectivity index (χ2n) is 6.71. The minimum absolute atomic E-state index is 0.121. The molecule has 2 aromatic carbocycles. The average molecular weight is 348 g/mol. The third kappa shape index (κ3) is 3.49. The van der Waals surface area contributed by atoms with Crippen molar-refractivity contribution in [2.75, 3.05) is 0 Å². The van der Waals surface area contributed by atoms with E-state index < -0.39 is 0 Å². The summed E-state index contributed by atoms with van der Waals surface area (Å²) in [6.07, 6.45) is 5.09. The van der Waals surface area contributed by atoms with Crippen molar-refractivity contribution in [3.63, 3.8) is 0 Å². The van der Waals surface area contributed by atoms with Crippen molar-refractivity contribution >= 4 is 34.2 Å². The molecule has 1 N–H and O–H groups in total. The van der Waals surface area contributed by atoms with E-state index in [2.05, 4.69) is 41.7 Å². The average Bonchev–Trinajstić information content (AvgIpc) is 3.05. The smallest absolute Gasteiger partial charge is 0.266 e. The number of hydrazone groups is 1. The van der Waals surface area contributed by atoms with E-state index in [0.29, 0.717) is 5.92 Å². The van der Waals surface area contributed by atoms with Crippen LogP contribution in [0.25, 0.3) is 10.8 Å². The van der Waals surface area contributed by atoms with Gasteiger partial charge in [0.05, 0.1) is 11.1 Å². The van der Waals surface area contributed by atoms with Crippen LogP contribution in [0.15, 0.2) is 53.6 Å². The Kier molecular flexibility index (Phi) is 4.36. The van der Waals surface area contributed by atoms with Crippen molar-refractivity contribution in [2.24, 2.45) is 11.0 Å². The zero-order chi connectivity index (χ0) is 17.2. The minimum Gasteiger partial charge on any atom is -0.266 e. The van der Waals surface area contributed by atoms with Gasteiger partial charge in [-0.05, 0) is 59.2 Å². The van der Waals surface area contributed by atoms with Crippen LogP contribution >= 0.6 is 11.3 Å². The maximum atomic E-state index is 12.3. The summed E-state index contributed by atoms with van der Waals surface area (Å²) in [6.45, 7) is 2.27. The van der Waals surface area contributed by atoms with Gasteiger partial charge in [0.15, 0.2) is 0 Å². The molecule has 0 spiro atoms. The lowest BCUT2D eigenvalue weighted by molar-refractivity contribution is 0.0959. The van der Waals surface area contributed by atoms with Gasteiger partial charge in [-0.15, -0.1) is 11.3 Å². The minimum atomic E-state index is -0.121. The number of rotatable bonds is 3. The first-order valence-electron chi connectivity index (χ1n) is 8.63. The maximum absolute atomic E-state index is 12.3. The monoisotopic (exact) mass is 348 g/mol. The molecule has 1 aliphatic rings. The van der Waals surface area contributed by atoms with Gasteiger partial charge in [0.1, 0.15) is 0 Å². The summed E-state index contributed by atoms with van der Waals surface area (Å²) in [5, 5.41) is 6.49. The van der Waals surface area contributed by atoms with Crippen molar-refractivity contribution in [1.82, 2.24) is 5.43 Å². The van der Waals surface area contributed by atoms with Crippen LogP contribution in [0.2, 0.25) is 0 Å². The largest absolute Gasteiger partial charge is 0.281 e. The predicted molar refractivity (Wildman–Crippen MR) is 105 cm³/mol. The van der Waals surface area contributed by atoms with E-state index >= 15 is 0 Å². The number of nitrogens with one attached hydrogen (secondary N) is 1. The van der Waals surface area contributed by atoms with Crippen LogP contribution in [-0.4, -0.2) is 12.1 Å². The van der Waals surface area contributed by atoms with Gasteiger partial charge in [-0.3, -0.25) is 4.79 Å². The highest BCUT2D eigenvalue weighted by atomic mass is 32.1. The molecule has 1 aromatic heterocycles. The molecule has 1 heterocycles. The number of carbonyl (C=O) groups is 1. The molecule has 3 nitrogen and oxygen atoms in total. The SMILES string of the molecule is C[C@@H]1CCc2sc(C(=O)N/N=C\c3ccc4ccccc4c3)cc2C1. The number of hydrogen-bond acceptors (Lipinski definition) is 3. The first-order chi connectivity index (χ1) is 12.2. The molecule has 0 bridgehead atoms. The third-order valence-corrected chi connectivity index (χ3v) is 5.94. The summed E-state index contributed by atoms with van der Waals surface area (Å²) in [4.78, 5) is 14.5. The number of aryl methyl sites for hydroxylation is 1. The molecule has 25 heavy (non-hydrogen) atoms. The molecule has 0 unspecified atom stereocenters. The van der Waals surface area contributed by atoms with Crippen LogP contribution in [0.5, 0.6) is 0 Å². The van der Waals surface area contributed by atoms with Crippen LogP contribution in [-0.2, 0) is 12.8 Å². The van der Waals surface area contributed by atoms with E-state index in [0.717, 1.165) is 28.7 Å². The molecule has 0 radical (unpaired) electrons. The van der Waals surface area contributed by atoms with Crippen LogP contribution in [0.1, 0.15) is 39.0 Å². The Bertz CT molecular complexity index is 957. The van der Waals surface area contributed by atoms with Gasteiger partial charge in [-0.2, -0.15) is 5.10 Å². The van der Waals surface area contributed by atoms with Crippen molar-refractivity contribution in [1.29, 1.82) is 0 Å². The summed E-state index contributed by atoms with van der Waals surface area (Å²) in [7, 11) is 0. The second-order valence-corrected chi connectivity index (χ2v) is 7.85. The summed E-state index contributed by atoms with van der Waals surface area (Å²) in [5.74, 6) is 0.591. The standard InChI is InChI=1S/C21H20N2OS/c1-14-6-9-19-18(10-14)12-20(25-19)21(24)23-22-13-15-7-8-16-4-2-3-5-17(16)11-15/h2-5,7-8,11-14H,6,9-10H2,1H3,(H,23,24)/b22-13-/t14-/m1/s1. The Labute approximate surface area is 151 Å². The lowest BCUT2D eigenvalue weighted by Gasteiger charge is -2.16. The number of benzene rings is 2. The lowest BCUT2D eigenvalue weighted by Crippen LogP contribution is -2.16. The summed E-state index contributed by atoms with van der Waals surface area (Å²) in [5.41, 5.74) is 4.97. The van der Waals surface area contributed by atoms with Crippen LogP contribution in [0.3, 0.4) is 0 Å². The molecule has 1 amide bonds. The van der Waals surface area contributed by atoms with Gasteiger partial charge in [-0.25, -0.2) is 5.43 Å². The summed E-state index contributed by atoms with van der Waals surface area (Å²) < 4.78 is 0. The summed E-state index contributed by atoms with van der Waals surface area (Å²) >= 11 is 1.61. The Morgan fingerprint density at radius 2 is 2.04 bits per heavy atom. The van der Waals surface area contributed by atoms with E-state index in [9.17, 15) is 4.79 Å². The van der Waals surface area contributed by atoms with Gasteiger partial charge >= 0.3 is 0 Å². The fourth-order valence-electron chi connectivity index (χ4n) is 3.33. The molecule has 3 aromatic rings. The van der Waals surface area contributed by atoms with Gasteiger partial charge in [-0.1, -0.05) is 43.3 Å². The highest BCUT2D eigenvalue weighted by Gasteiger charge is 2.20. The number of amides is 1. The highest BCUT2D eigenvalue weighted by Crippen LogP contribution is 2.32. The second kappa shape index (κ2) is 6.81. The first kappa shape index (κ1) is 16.0. The van der Waals surface area contributed by atoms with E-state index in [1.807, 2.05) is 24.3 Å². The molecule has 4 heteroatoms. The van der Waals surface area contributed by atoms with Gasteiger partial charge in [0, 0.05) is 4.88 Å². The zero-order valence-corrected chi connectivity index (χ0v) is 15.0.